The molecule has 0 bridgehead atoms. The Balaban J connectivity index is 2.03. The summed E-state index contributed by atoms with van der Waals surface area (Å²) < 4.78 is 0. The lowest BCUT2D eigenvalue weighted by Gasteiger charge is -2.20. The molecule has 3 rings (SSSR count). The number of thioether (sulfide) groups is 1. The van der Waals surface area contributed by atoms with E-state index >= 15 is 0 Å². The van der Waals surface area contributed by atoms with E-state index in [0.29, 0.717) is 5.92 Å². The van der Waals surface area contributed by atoms with E-state index in [1.807, 2.05) is 18.3 Å². The van der Waals surface area contributed by atoms with E-state index in [-0.39, 0.29) is 15.9 Å². The second-order valence-corrected chi connectivity index (χ2v) is 7.06. The minimum Gasteiger partial charge on any atom is -0.347 e. The number of nitrogens with one attached hydrogen (secondary N) is 1. The summed E-state index contributed by atoms with van der Waals surface area (Å²) in [5, 5.41) is 11.0. The number of H-pyrrole nitrogens is 1. The van der Waals surface area contributed by atoms with Crippen LogP contribution in [-0.4, -0.2) is 19.9 Å². The SMILES string of the molecule is CC(C)c1cnccc1C(Sc1cccc([N+](=O)[O-])c1)c1ncc[nH]1. The first-order chi connectivity index (χ1) is 12.1. The van der Waals surface area contributed by atoms with Gasteiger partial charge in [0.1, 0.15) is 5.82 Å². The summed E-state index contributed by atoms with van der Waals surface area (Å²) in [5.41, 5.74) is 2.33. The molecular formula is C18H18N4O2S. The number of benzene rings is 1. The minimum absolute atomic E-state index is 0.0852. The van der Waals surface area contributed by atoms with Gasteiger partial charge in [0.15, 0.2) is 0 Å². The molecule has 0 aliphatic carbocycles. The van der Waals surface area contributed by atoms with Gasteiger partial charge in [-0.05, 0) is 29.2 Å². The van der Waals surface area contributed by atoms with Crippen molar-refractivity contribution in [1.82, 2.24) is 15.0 Å². The number of imidazole rings is 1. The second kappa shape index (κ2) is 7.48. The number of nitrogens with zero attached hydrogens (tertiary/aromatic N) is 3. The van der Waals surface area contributed by atoms with E-state index in [9.17, 15) is 10.1 Å². The van der Waals surface area contributed by atoms with Gasteiger partial charge in [-0.15, -0.1) is 11.8 Å². The summed E-state index contributed by atoms with van der Waals surface area (Å²) in [7, 11) is 0. The third-order valence-electron chi connectivity index (χ3n) is 3.84. The molecule has 2 aromatic heterocycles. The number of hydrogen-bond acceptors (Lipinski definition) is 5. The summed E-state index contributed by atoms with van der Waals surface area (Å²) in [4.78, 5) is 23.3. The van der Waals surface area contributed by atoms with Crippen molar-refractivity contribution in [2.45, 2.75) is 29.9 Å². The molecule has 0 radical (unpaired) electrons. The summed E-state index contributed by atoms with van der Waals surface area (Å²) in [6, 6.07) is 8.67. The van der Waals surface area contributed by atoms with Crippen LogP contribution < -0.4 is 0 Å². The van der Waals surface area contributed by atoms with Crippen LogP contribution in [-0.2, 0) is 0 Å². The van der Waals surface area contributed by atoms with Gasteiger partial charge >= 0.3 is 0 Å². The molecule has 0 aliphatic rings. The maximum Gasteiger partial charge on any atom is 0.270 e. The van der Waals surface area contributed by atoms with Crippen LogP contribution in [0.2, 0.25) is 0 Å². The average molecular weight is 354 g/mol. The average Bonchev–Trinajstić information content (AvgIpc) is 3.14. The monoisotopic (exact) mass is 354 g/mol. The fourth-order valence-corrected chi connectivity index (χ4v) is 3.83. The molecule has 25 heavy (non-hydrogen) atoms. The Morgan fingerprint density at radius 3 is 2.72 bits per heavy atom. The normalized spacial score (nSPS) is 12.3. The Morgan fingerprint density at radius 2 is 2.04 bits per heavy atom. The highest BCUT2D eigenvalue weighted by Crippen LogP contribution is 2.42. The molecule has 1 atom stereocenters. The lowest BCUT2D eigenvalue weighted by Crippen LogP contribution is -2.05. The molecule has 3 aromatic rings. The van der Waals surface area contributed by atoms with Crippen molar-refractivity contribution in [1.29, 1.82) is 0 Å². The fourth-order valence-electron chi connectivity index (χ4n) is 2.63. The quantitative estimate of drug-likeness (QED) is 0.393. The van der Waals surface area contributed by atoms with E-state index in [2.05, 4.69) is 28.8 Å². The van der Waals surface area contributed by atoms with Gasteiger partial charge in [-0.3, -0.25) is 15.1 Å². The van der Waals surface area contributed by atoms with Crippen LogP contribution in [0.4, 0.5) is 5.69 Å². The predicted molar refractivity (Wildman–Crippen MR) is 97.7 cm³/mol. The van der Waals surface area contributed by atoms with Crippen LogP contribution in [0.15, 0.2) is 60.0 Å². The number of aromatic amines is 1. The summed E-state index contributed by atoms with van der Waals surface area (Å²) in [5.74, 6) is 1.12. The van der Waals surface area contributed by atoms with Crippen molar-refractivity contribution in [3.63, 3.8) is 0 Å². The van der Waals surface area contributed by atoms with Gasteiger partial charge in [0, 0.05) is 41.8 Å². The van der Waals surface area contributed by atoms with E-state index in [1.165, 1.54) is 17.8 Å². The van der Waals surface area contributed by atoms with Gasteiger partial charge in [-0.25, -0.2) is 4.98 Å². The predicted octanol–water partition coefficient (Wildman–Crippen LogP) is 4.72. The number of pyridine rings is 1. The van der Waals surface area contributed by atoms with Gasteiger partial charge < -0.3 is 4.98 Å². The molecule has 0 fully saturated rings. The van der Waals surface area contributed by atoms with Crippen molar-refractivity contribution >= 4 is 17.4 Å². The van der Waals surface area contributed by atoms with E-state index in [0.717, 1.165) is 21.8 Å². The standard InChI is InChI=1S/C18H18N4O2S/c1-12(2)16-11-19-7-6-15(16)17(18-20-8-9-21-18)25-14-5-3-4-13(10-14)22(23)24/h3-12,17H,1-2H3,(H,20,21). The lowest BCUT2D eigenvalue weighted by atomic mass is 9.97. The molecule has 1 aromatic carbocycles. The van der Waals surface area contributed by atoms with Crippen molar-refractivity contribution in [2.75, 3.05) is 0 Å². The number of nitro groups is 1. The molecule has 0 aliphatic heterocycles. The molecule has 0 saturated carbocycles. The van der Waals surface area contributed by atoms with Gasteiger partial charge in [-0.1, -0.05) is 19.9 Å². The highest BCUT2D eigenvalue weighted by Gasteiger charge is 2.23. The minimum atomic E-state index is -0.377. The molecule has 1 unspecified atom stereocenters. The number of non-ortho nitro benzene ring substituents is 1. The molecule has 0 amide bonds. The topological polar surface area (TPSA) is 84.7 Å². The molecular weight excluding hydrogens is 336 g/mol. The van der Waals surface area contributed by atoms with Gasteiger partial charge in [0.05, 0.1) is 10.2 Å². The first-order valence-electron chi connectivity index (χ1n) is 7.90. The Morgan fingerprint density at radius 1 is 1.20 bits per heavy atom. The Hall–Kier alpha value is -2.67. The third kappa shape index (κ3) is 3.88. The van der Waals surface area contributed by atoms with Gasteiger partial charge in [0.2, 0.25) is 0 Å². The number of aromatic nitrogens is 3. The highest BCUT2D eigenvalue weighted by molar-refractivity contribution is 7.99. The van der Waals surface area contributed by atoms with Crippen LogP contribution in [0.1, 0.15) is 42.0 Å². The molecule has 0 saturated heterocycles. The van der Waals surface area contributed by atoms with Crippen molar-refractivity contribution in [2.24, 2.45) is 0 Å². The van der Waals surface area contributed by atoms with Crippen LogP contribution in [0.25, 0.3) is 0 Å². The van der Waals surface area contributed by atoms with Crippen molar-refractivity contribution in [3.05, 3.63) is 82.2 Å². The summed E-state index contributed by atoms with van der Waals surface area (Å²) in [6.07, 6.45) is 7.15. The Bertz CT molecular complexity index is 865. The summed E-state index contributed by atoms with van der Waals surface area (Å²) in [6.45, 7) is 4.25. The van der Waals surface area contributed by atoms with E-state index < -0.39 is 0 Å². The molecule has 128 valence electrons. The van der Waals surface area contributed by atoms with Crippen LogP contribution in [0.3, 0.4) is 0 Å². The van der Waals surface area contributed by atoms with Crippen LogP contribution >= 0.6 is 11.8 Å². The Labute approximate surface area is 149 Å². The highest BCUT2D eigenvalue weighted by atomic mass is 32.2. The summed E-state index contributed by atoms with van der Waals surface area (Å²) >= 11 is 1.54. The fraction of sp³-hybridized carbons (Fsp3) is 0.222. The van der Waals surface area contributed by atoms with Gasteiger partial charge in [0.25, 0.3) is 5.69 Å². The second-order valence-electron chi connectivity index (χ2n) is 5.89. The largest absolute Gasteiger partial charge is 0.347 e. The lowest BCUT2D eigenvalue weighted by molar-refractivity contribution is -0.385. The first kappa shape index (κ1) is 17.2. The van der Waals surface area contributed by atoms with Crippen LogP contribution in [0, 0.1) is 10.1 Å². The zero-order chi connectivity index (χ0) is 17.8. The molecule has 1 N–H and O–H groups in total. The number of nitro benzene ring substituents is 1. The zero-order valence-corrected chi connectivity index (χ0v) is 14.7. The number of rotatable bonds is 6. The molecule has 2 heterocycles. The third-order valence-corrected chi connectivity index (χ3v) is 5.08. The Kier molecular flexibility index (Phi) is 5.14. The van der Waals surface area contributed by atoms with Crippen molar-refractivity contribution in [3.8, 4) is 0 Å². The van der Waals surface area contributed by atoms with Crippen LogP contribution in [0.5, 0.6) is 0 Å². The number of hydrogen-bond donors (Lipinski definition) is 1. The molecule has 7 heteroatoms. The van der Waals surface area contributed by atoms with E-state index in [4.69, 9.17) is 0 Å². The smallest absolute Gasteiger partial charge is 0.270 e. The van der Waals surface area contributed by atoms with E-state index in [1.54, 1.807) is 30.7 Å². The maximum absolute atomic E-state index is 11.1. The molecule has 0 spiro atoms. The first-order valence-corrected chi connectivity index (χ1v) is 8.78. The van der Waals surface area contributed by atoms with Gasteiger partial charge in [-0.2, -0.15) is 0 Å². The maximum atomic E-state index is 11.1. The molecule has 6 nitrogen and oxygen atoms in total. The zero-order valence-electron chi connectivity index (χ0n) is 13.9. The van der Waals surface area contributed by atoms with Crippen molar-refractivity contribution < 1.29 is 4.92 Å².